The van der Waals surface area contributed by atoms with Gasteiger partial charge in [0.2, 0.25) is 5.78 Å². The number of rotatable bonds is 3. The highest BCUT2D eigenvalue weighted by Crippen LogP contribution is 2.48. The Balaban J connectivity index is 3.43. The Hall–Kier alpha value is -1.88. The number of benzene rings is 1. The second-order valence-corrected chi connectivity index (χ2v) is 4.20. The van der Waals surface area contributed by atoms with Gasteiger partial charge in [0.05, 0.1) is 5.56 Å². The van der Waals surface area contributed by atoms with Crippen LogP contribution >= 0.6 is 0 Å². The van der Waals surface area contributed by atoms with Gasteiger partial charge in [-0.1, -0.05) is 0 Å². The lowest BCUT2D eigenvalue weighted by molar-refractivity contribution is -0.339. The second kappa shape index (κ2) is 5.34. The third-order valence-electron chi connectivity index (χ3n) is 2.52. The summed E-state index contributed by atoms with van der Waals surface area (Å²) in [4.78, 5) is 11.1. The SMILES string of the molecule is O=C(c1cc(F)cc(C(F)(F)F)c1)C(F)(F)C(F)(F)C(F)(F)F. The number of Topliss-reactive ketones (excluding diaryl/α,β-unsaturated/α-hetero) is 1. The van der Waals surface area contributed by atoms with Crippen LogP contribution < -0.4 is 0 Å². The van der Waals surface area contributed by atoms with Gasteiger partial charge >= 0.3 is 24.2 Å². The van der Waals surface area contributed by atoms with Crippen molar-refractivity contribution in [1.82, 2.24) is 0 Å². The molecular formula is C11H3F11O. The van der Waals surface area contributed by atoms with E-state index < -0.39 is 53.0 Å². The Morgan fingerprint density at radius 2 is 1.26 bits per heavy atom. The minimum Gasteiger partial charge on any atom is -0.287 e. The lowest BCUT2D eigenvalue weighted by atomic mass is 9.98. The summed E-state index contributed by atoms with van der Waals surface area (Å²) in [5, 5.41) is 0. The third-order valence-corrected chi connectivity index (χ3v) is 2.52. The fourth-order valence-corrected chi connectivity index (χ4v) is 1.39. The molecule has 0 amide bonds. The monoisotopic (exact) mass is 360 g/mol. The summed E-state index contributed by atoms with van der Waals surface area (Å²) in [6.45, 7) is 0. The molecule has 1 aromatic rings. The topological polar surface area (TPSA) is 17.1 Å². The molecule has 23 heavy (non-hydrogen) atoms. The van der Waals surface area contributed by atoms with Crippen molar-refractivity contribution in [2.75, 3.05) is 0 Å². The van der Waals surface area contributed by atoms with E-state index in [-0.39, 0.29) is 12.1 Å². The van der Waals surface area contributed by atoms with Gasteiger partial charge in [-0.15, -0.1) is 0 Å². The van der Waals surface area contributed by atoms with E-state index in [4.69, 9.17) is 0 Å². The Morgan fingerprint density at radius 3 is 1.65 bits per heavy atom. The van der Waals surface area contributed by atoms with E-state index in [9.17, 15) is 53.1 Å². The summed E-state index contributed by atoms with van der Waals surface area (Å²) in [6, 6.07) is -1.01. The largest absolute Gasteiger partial charge is 0.460 e. The highest BCUT2D eigenvalue weighted by Gasteiger charge is 2.76. The van der Waals surface area contributed by atoms with Gasteiger partial charge in [-0.05, 0) is 18.2 Å². The zero-order chi connectivity index (χ0) is 18.4. The van der Waals surface area contributed by atoms with E-state index in [1.165, 1.54) is 0 Å². The van der Waals surface area contributed by atoms with Crippen molar-refractivity contribution in [2.24, 2.45) is 0 Å². The first-order valence-corrected chi connectivity index (χ1v) is 5.26. The molecule has 0 radical (unpaired) electrons. The Kier molecular flexibility index (Phi) is 4.45. The zero-order valence-corrected chi connectivity index (χ0v) is 10.3. The molecule has 0 atom stereocenters. The van der Waals surface area contributed by atoms with Crippen LogP contribution in [0, 0.1) is 5.82 Å². The first-order valence-electron chi connectivity index (χ1n) is 5.26. The van der Waals surface area contributed by atoms with Crippen LogP contribution in [0.15, 0.2) is 18.2 Å². The zero-order valence-electron chi connectivity index (χ0n) is 10.3. The predicted molar refractivity (Wildman–Crippen MR) is 51.7 cm³/mol. The molecule has 0 saturated carbocycles. The smallest absolute Gasteiger partial charge is 0.287 e. The Bertz CT molecular complexity index is 611. The maximum absolute atomic E-state index is 13.1. The van der Waals surface area contributed by atoms with Crippen molar-refractivity contribution in [2.45, 2.75) is 24.2 Å². The van der Waals surface area contributed by atoms with Gasteiger partial charge in [0.25, 0.3) is 0 Å². The van der Waals surface area contributed by atoms with Crippen LogP contribution in [0.4, 0.5) is 48.3 Å². The van der Waals surface area contributed by atoms with E-state index in [0.717, 1.165) is 0 Å². The molecule has 0 spiro atoms. The van der Waals surface area contributed by atoms with Crippen LogP contribution in [0.1, 0.15) is 15.9 Å². The lowest BCUT2D eigenvalue weighted by Gasteiger charge is -2.27. The number of halogens is 11. The number of carbonyl (C=O) groups is 1. The van der Waals surface area contributed by atoms with Crippen LogP contribution in [0.3, 0.4) is 0 Å². The van der Waals surface area contributed by atoms with Crippen molar-refractivity contribution in [3.8, 4) is 0 Å². The van der Waals surface area contributed by atoms with Gasteiger partial charge in [-0.3, -0.25) is 4.79 Å². The molecule has 0 N–H and O–H groups in total. The molecule has 130 valence electrons. The highest BCUT2D eigenvalue weighted by atomic mass is 19.4. The average Bonchev–Trinajstić information content (AvgIpc) is 2.34. The highest BCUT2D eigenvalue weighted by molar-refractivity contribution is 6.02. The molecule has 0 aliphatic carbocycles. The minimum atomic E-state index is -6.86. The standard InChI is InChI=1S/C11H3F11O/c12-6-2-4(1-5(3-6)9(15,16)17)7(23)8(13,14)10(18,19)11(20,21)22/h1-3H. The van der Waals surface area contributed by atoms with Gasteiger partial charge in [0.15, 0.2) is 0 Å². The number of hydrogen-bond donors (Lipinski definition) is 0. The summed E-state index contributed by atoms with van der Waals surface area (Å²) in [5.41, 5.74) is -3.99. The maximum atomic E-state index is 13.1. The molecule has 0 heterocycles. The maximum Gasteiger partial charge on any atom is 0.460 e. The lowest BCUT2D eigenvalue weighted by Crippen LogP contribution is -2.56. The number of ketones is 1. The molecule has 1 nitrogen and oxygen atoms in total. The quantitative estimate of drug-likeness (QED) is 0.556. The van der Waals surface area contributed by atoms with Crippen molar-refractivity contribution < 1.29 is 53.1 Å². The van der Waals surface area contributed by atoms with Gasteiger partial charge in [0.1, 0.15) is 5.82 Å². The fourth-order valence-electron chi connectivity index (χ4n) is 1.39. The molecule has 0 saturated heterocycles. The molecule has 0 bridgehead atoms. The molecule has 0 aromatic heterocycles. The third kappa shape index (κ3) is 3.39. The van der Waals surface area contributed by atoms with Gasteiger partial charge < -0.3 is 0 Å². The van der Waals surface area contributed by atoms with E-state index >= 15 is 0 Å². The molecule has 12 heteroatoms. The van der Waals surface area contributed by atoms with Crippen LogP contribution in [0.2, 0.25) is 0 Å². The first kappa shape index (κ1) is 19.2. The number of hydrogen-bond acceptors (Lipinski definition) is 1. The van der Waals surface area contributed by atoms with E-state index in [2.05, 4.69) is 0 Å². The summed E-state index contributed by atoms with van der Waals surface area (Å²) in [6.07, 6.45) is -12.2. The van der Waals surface area contributed by atoms with Crippen LogP contribution in [0.5, 0.6) is 0 Å². The molecule has 1 aromatic carbocycles. The van der Waals surface area contributed by atoms with Crippen molar-refractivity contribution in [3.05, 3.63) is 35.1 Å². The minimum absolute atomic E-state index is 0.253. The first-order chi connectivity index (χ1) is 10.0. The molecule has 1 rings (SSSR count). The Morgan fingerprint density at radius 1 is 0.783 bits per heavy atom. The van der Waals surface area contributed by atoms with E-state index in [0.29, 0.717) is 0 Å². The molecule has 0 fully saturated rings. The second-order valence-electron chi connectivity index (χ2n) is 4.20. The normalized spacial score (nSPS) is 14.0. The van der Waals surface area contributed by atoms with Crippen molar-refractivity contribution in [1.29, 1.82) is 0 Å². The molecule has 0 unspecified atom stereocenters. The number of alkyl halides is 10. The molecular weight excluding hydrogens is 357 g/mol. The van der Waals surface area contributed by atoms with Crippen LogP contribution in [-0.2, 0) is 6.18 Å². The van der Waals surface area contributed by atoms with Gasteiger partial charge in [0, 0.05) is 5.56 Å². The van der Waals surface area contributed by atoms with Gasteiger partial charge in [-0.25, -0.2) is 4.39 Å². The van der Waals surface area contributed by atoms with Crippen LogP contribution in [0.25, 0.3) is 0 Å². The van der Waals surface area contributed by atoms with Crippen LogP contribution in [-0.4, -0.2) is 23.8 Å². The van der Waals surface area contributed by atoms with Gasteiger partial charge in [-0.2, -0.15) is 43.9 Å². The predicted octanol–water partition coefficient (Wildman–Crippen LogP) is 4.86. The summed E-state index contributed by atoms with van der Waals surface area (Å²) in [7, 11) is 0. The summed E-state index contributed by atoms with van der Waals surface area (Å²) >= 11 is 0. The Labute approximate surface area is 119 Å². The fraction of sp³-hybridized carbons (Fsp3) is 0.364. The van der Waals surface area contributed by atoms with Crippen molar-refractivity contribution in [3.63, 3.8) is 0 Å². The summed E-state index contributed by atoms with van der Waals surface area (Å²) < 4.78 is 137. The van der Waals surface area contributed by atoms with E-state index in [1.54, 1.807) is 0 Å². The van der Waals surface area contributed by atoms with E-state index in [1.807, 2.05) is 0 Å². The summed E-state index contributed by atoms with van der Waals surface area (Å²) in [5.74, 6) is -18.5. The average molecular weight is 360 g/mol. The molecule has 0 aliphatic heterocycles. The van der Waals surface area contributed by atoms with Crippen molar-refractivity contribution >= 4 is 5.78 Å². The number of carbonyl (C=O) groups excluding carboxylic acids is 1. The molecule has 0 aliphatic rings.